The largest absolute Gasteiger partial charge is 0.383 e. The summed E-state index contributed by atoms with van der Waals surface area (Å²) < 4.78 is 6.30. The predicted octanol–water partition coefficient (Wildman–Crippen LogP) is 3.27. The van der Waals surface area contributed by atoms with Gasteiger partial charge in [-0.25, -0.2) is 4.98 Å². The number of hydrogen-bond donors (Lipinski definition) is 1. The highest BCUT2D eigenvalue weighted by atomic mass is 32.1. The molecule has 0 fully saturated rings. The van der Waals surface area contributed by atoms with Crippen LogP contribution >= 0.6 is 11.3 Å². The second-order valence-corrected chi connectivity index (χ2v) is 6.40. The predicted molar refractivity (Wildman–Crippen MR) is 86.4 cm³/mol. The van der Waals surface area contributed by atoms with Crippen molar-refractivity contribution in [3.63, 3.8) is 0 Å². The summed E-state index contributed by atoms with van der Waals surface area (Å²) in [6, 6.07) is 8.28. The number of rotatable bonds is 8. The number of benzene rings is 1. The maximum Gasteiger partial charge on any atom is 0.0947 e. The molecule has 1 unspecified atom stereocenters. The first-order valence-corrected chi connectivity index (χ1v) is 7.66. The standard InChI is InChI=1S/C16H22N2OS/c1-4-16(2,12-17-9-10-19-3)11-15-18-13-7-5-6-8-14(13)20-15/h4-8,17H,1,9-12H2,2-3H3. The van der Waals surface area contributed by atoms with Gasteiger partial charge in [-0.15, -0.1) is 17.9 Å². The molecule has 2 aromatic rings. The van der Waals surface area contributed by atoms with E-state index in [9.17, 15) is 0 Å². The Morgan fingerprint density at radius 2 is 2.25 bits per heavy atom. The Kier molecular flexibility index (Phi) is 5.29. The number of aromatic nitrogens is 1. The van der Waals surface area contributed by atoms with Crippen LogP contribution in [0, 0.1) is 5.41 Å². The number of hydrogen-bond acceptors (Lipinski definition) is 4. The molecule has 0 amide bonds. The highest BCUT2D eigenvalue weighted by Crippen LogP contribution is 2.29. The van der Waals surface area contributed by atoms with Gasteiger partial charge in [0.05, 0.1) is 21.8 Å². The van der Waals surface area contributed by atoms with E-state index < -0.39 is 0 Å². The molecule has 2 rings (SSSR count). The number of nitrogens with zero attached hydrogens (tertiary/aromatic N) is 1. The topological polar surface area (TPSA) is 34.1 Å². The number of ether oxygens (including phenoxy) is 1. The maximum absolute atomic E-state index is 5.05. The van der Waals surface area contributed by atoms with Gasteiger partial charge < -0.3 is 10.1 Å². The van der Waals surface area contributed by atoms with Gasteiger partial charge in [0, 0.05) is 32.0 Å². The fraction of sp³-hybridized carbons (Fsp3) is 0.438. The molecule has 1 heterocycles. The summed E-state index contributed by atoms with van der Waals surface area (Å²) >= 11 is 1.77. The lowest BCUT2D eigenvalue weighted by Gasteiger charge is -2.25. The summed E-state index contributed by atoms with van der Waals surface area (Å²) in [5, 5.41) is 4.58. The Balaban J connectivity index is 2.02. The van der Waals surface area contributed by atoms with Gasteiger partial charge in [0.25, 0.3) is 0 Å². The second kappa shape index (κ2) is 6.97. The van der Waals surface area contributed by atoms with Crippen molar-refractivity contribution >= 4 is 21.6 Å². The van der Waals surface area contributed by atoms with E-state index in [0.29, 0.717) is 0 Å². The van der Waals surface area contributed by atoms with Gasteiger partial charge in [0.2, 0.25) is 0 Å². The van der Waals surface area contributed by atoms with Crippen LogP contribution in [0.25, 0.3) is 10.2 Å². The van der Waals surface area contributed by atoms with Gasteiger partial charge in [-0.3, -0.25) is 0 Å². The van der Waals surface area contributed by atoms with Crippen molar-refractivity contribution in [2.45, 2.75) is 13.3 Å². The maximum atomic E-state index is 5.05. The van der Waals surface area contributed by atoms with Gasteiger partial charge in [-0.05, 0) is 12.1 Å². The van der Waals surface area contributed by atoms with Gasteiger partial charge in [-0.2, -0.15) is 0 Å². The van der Waals surface area contributed by atoms with Crippen LogP contribution < -0.4 is 5.32 Å². The lowest BCUT2D eigenvalue weighted by atomic mass is 9.87. The van der Waals surface area contributed by atoms with Gasteiger partial charge in [-0.1, -0.05) is 25.1 Å². The first kappa shape index (κ1) is 15.2. The summed E-state index contributed by atoms with van der Waals surface area (Å²) in [6.07, 6.45) is 2.94. The minimum atomic E-state index is 0.0155. The monoisotopic (exact) mass is 290 g/mol. The molecule has 0 radical (unpaired) electrons. The van der Waals surface area contributed by atoms with E-state index in [0.717, 1.165) is 31.6 Å². The second-order valence-electron chi connectivity index (χ2n) is 5.28. The van der Waals surface area contributed by atoms with Crippen LogP contribution in [0.3, 0.4) is 0 Å². The number of thiazole rings is 1. The van der Waals surface area contributed by atoms with Gasteiger partial charge >= 0.3 is 0 Å². The molecule has 4 heteroatoms. The van der Waals surface area contributed by atoms with Crippen LogP contribution in [-0.2, 0) is 11.2 Å². The zero-order valence-corrected chi connectivity index (χ0v) is 13.0. The van der Waals surface area contributed by atoms with Crippen molar-refractivity contribution in [1.29, 1.82) is 0 Å². The quantitative estimate of drug-likeness (QED) is 0.598. The van der Waals surface area contributed by atoms with Crippen molar-refractivity contribution in [1.82, 2.24) is 10.3 Å². The van der Waals surface area contributed by atoms with Crippen LogP contribution in [0.2, 0.25) is 0 Å². The molecule has 0 aliphatic rings. The van der Waals surface area contributed by atoms with Gasteiger partial charge in [0.1, 0.15) is 0 Å². The number of fused-ring (bicyclic) bond motifs is 1. The zero-order valence-electron chi connectivity index (χ0n) is 12.2. The molecule has 0 saturated heterocycles. The summed E-state index contributed by atoms with van der Waals surface area (Å²) in [7, 11) is 1.72. The van der Waals surface area contributed by atoms with Crippen LogP contribution in [0.15, 0.2) is 36.9 Å². The van der Waals surface area contributed by atoms with Crippen molar-refractivity contribution in [2.75, 3.05) is 26.8 Å². The fourth-order valence-electron chi connectivity index (χ4n) is 2.10. The third-order valence-corrected chi connectivity index (χ3v) is 4.43. The molecule has 3 nitrogen and oxygen atoms in total. The molecule has 0 saturated carbocycles. The summed E-state index contributed by atoms with van der Waals surface area (Å²) in [5.41, 5.74) is 1.10. The van der Waals surface area contributed by atoms with E-state index in [-0.39, 0.29) is 5.41 Å². The van der Waals surface area contributed by atoms with Crippen LogP contribution in [0.1, 0.15) is 11.9 Å². The van der Waals surface area contributed by atoms with E-state index in [1.165, 1.54) is 9.71 Å². The van der Waals surface area contributed by atoms with Crippen molar-refractivity contribution in [2.24, 2.45) is 5.41 Å². The summed E-state index contributed by atoms with van der Waals surface area (Å²) in [4.78, 5) is 4.71. The van der Waals surface area contributed by atoms with E-state index in [4.69, 9.17) is 9.72 Å². The lowest BCUT2D eigenvalue weighted by molar-refractivity contribution is 0.196. The minimum Gasteiger partial charge on any atom is -0.383 e. The van der Waals surface area contributed by atoms with E-state index >= 15 is 0 Å². The molecule has 0 aliphatic heterocycles. The molecule has 1 N–H and O–H groups in total. The van der Waals surface area contributed by atoms with Crippen LogP contribution in [-0.4, -0.2) is 31.8 Å². The SMILES string of the molecule is C=CC(C)(CNCCOC)Cc1nc2ccccc2s1. The van der Waals surface area contributed by atoms with E-state index in [1.54, 1.807) is 18.4 Å². The van der Waals surface area contributed by atoms with E-state index in [2.05, 4.69) is 37.0 Å². The first-order valence-electron chi connectivity index (χ1n) is 6.84. The smallest absolute Gasteiger partial charge is 0.0947 e. The Hall–Kier alpha value is -1.23. The zero-order chi connectivity index (χ0) is 14.4. The Bertz CT molecular complexity index is 533. The van der Waals surface area contributed by atoms with Crippen molar-refractivity contribution in [3.05, 3.63) is 41.9 Å². The van der Waals surface area contributed by atoms with E-state index in [1.807, 2.05) is 12.1 Å². The molecule has 20 heavy (non-hydrogen) atoms. The van der Waals surface area contributed by atoms with Crippen LogP contribution in [0.5, 0.6) is 0 Å². The Labute approximate surface area is 124 Å². The average molecular weight is 290 g/mol. The average Bonchev–Trinajstić information content (AvgIpc) is 2.85. The third-order valence-electron chi connectivity index (χ3n) is 3.40. The highest BCUT2D eigenvalue weighted by molar-refractivity contribution is 7.18. The molecule has 1 aromatic heterocycles. The van der Waals surface area contributed by atoms with Crippen molar-refractivity contribution < 1.29 is 4.74 Å². The van der Waals surface area contributed by atoms with Crippen LogP contribution in [0.4, 0.5) is 0 Å². The fourth-order valence-corrected chi connectivity index (χ4v) is 3.26. The molecular formula is C16H22N2OS. The van der Waals surface area contributed by atoms with Gasteiger partial charge in [0.15, 0.2) is 0 Å². The highest BCUT2D eigenvalue weighted by Gasteiger charge is 2.22. The minimum absolute atomic E-state index is 0.0155. The van der Waals surface area contributed by atoms with Crippen molar-refractivity contribution in [3.8, 4) is 0 Å². The third kappa shape index (κ3) is 3.88. The molecule has 1 atom stereocenters. The normalized spacial score (nSPS) is 14.3. The lowest BCUT2D eigenvalue weighted by Crippen LogP contribution is -2.33. The molecule has 1 aromatic carbocycles. The number of nitrogens with one attached hydrogen (secondary N) is 1. The summed E-state index contributed by atoms with van der Waals surface area (Å²) in [5.74, 6) is 0. The number of para-hydroxylation sites is 1. The first-order chi connectivity index (χ1) is 9.67. The Morgan fingerprint density at radius 3 is 2.95 bits per heavy atom. The molecular weight excluding hydrogens is 268 g/mol. The number of methoxy groups -OCH3 is 1. The Morgan fingerprint density at radius 1 is 1.45 bits per heavy atom. The molecule has 0 bridgehead atoms. The molecule has 108 valence electrons. The molecule has 0 spiro atoms. The summed E-state index contributed by atoms with van der Waals surface area (Å²) in [6.45, 7) is 8.68. The molecule has 0 aliphatic carbocycles.